The van der Waals surface area contributed by atoms with E-state index in [0.717, 1.165) is 73.4 Å². The normalized spacial score (nSPS) is 18.4. The first-order valence-electron chi connectivity index (χ1n) is 48.9. The van der Waals surface area contributed by atoms with Gasteiger partial charge >= 0.3 is 0 Å². The summed E-state index contributed by atoms with van der Waals surface area (Å²) in [6.45, 7) is 28.4. The monoisotopic (exact) mass is 1800 g/mol. The molecule has 0 heterocycles. The molecule has 0 saturated carbocycles. The van der Waals surface area contributed by atoms with Gasteiger partial charge in [0, 0.05) is 96.5 Å². The predicted molar refractivity (Wildman–Crippen MR) is 563 cm³/mol. The maximum Gasteiger partial charge on any atom is 0.120 e. The third-order valence-corrected chi connectivity index (χ3v) is 32.3. The van der Waals surface area contributed by atoms with E-state index in [1.54, 1.807) is 12.2 Å². The largest absolute Gasteiger partial charge is 0.489 e. The van der Waals surface area contributed by atoms with Crippen LogP contribution < -0.4 is 19.4 Å². The molecule has 8 heteroatoms. The van der Waals surface area contributed by atoms with E-state index in [1.807, 2.05) is 36.4 Å². The maximum absolute atomic E-state index is 17.5. The summed E-state index contributed by atoms with van der Waals surface area (Å²) >= 11 is 0. The van der Waals surface area contributed by atoms with Crippen LogP contribution >= 0.6 is 0 Å². The van der Waals surface area contributed by atoms with E-state index in [4.69, 9.17) is 14.2 Å². The van der Waals surface area contributed by atoms with E-state index in [-0.39, 0.29) is 76.8 Å². The van der Waals surface area contributed by atoms with Crippen molar-refractivity contribution in [3.63, 3.8) is 0 Å². The molecule has 2 unspecified atom stereocenters. The molecule has 0 fully saturated rings. The number of rotatable bonds is 21. The molecule has 0 aliphatic heterocycles. The average molecular weight is 1800 g/mol. The van der Waals surface area contributed by atoms with E-state index in [1.165, 1.54) is 146 Å². The van der Waals surface area contributed by atoms with E-state index in [9.17, 15) is 0 Å². The Balaban J connectivity index is 0.588. The fraction of sp³-hybridized carbons (Fsp3) is 0.200. The van der Waals surface area contributed by atoms with Gasteiger partial charge in [0.1, 0.15) is 35.2 Å². The zero-order chi connectivity index (χ0) is 94.3. The average Bonchev–Trinajstić information content (AvgIpc) is 1.50. The number of ether oxygens (including phenoxy) is 3. The molecule has 0 bridgehead atoms. The molecule has 6 nitrogen and oxygen atoms in total. The standard InChI is InChI=1S/C130H111F2N3O3/c1-123(2)110-38-19-13-32-98(110)104-62-56-91(71-116(104)123)133(92-57-63-105-99-33-14-20-39-111(99)124(3,4)117(105)72-92)88-50-44-82(45-51-88)79-136-97-31-25-28-85(70-97)122(129(68-26-29-86(131)77-129)137-80-83-46-52-89(53-47-83)134(93-58-64-106-100-34-15-21-40-112(100)125(5,6)118(106)73-93)94-59-65-107-101-35-16-22-41-113(101)126(7,8)119(107)74-94)130(69-27-30-87(132)78-130)138-81-84-48-54-90(55-49-84)135(95-60-66-108-102-36-17-23-42-114(102)127(9,10)120(108)75-95)96-61-67-109-103-37-18-24-43-115(103)128(11,12)121(109)76-96/h13-76,122H,77-81H2,1-12H3. The molecular formula is C130H111F2N3O3. The maximum atomic E-state index is 17.5. The fourth-order valence-electron chi connectivity index (χ4n) is 25.1. The van der Waals surface area contributed by atoms with Crippen LogP contribution in [0.4, 0.5) is 60.0 Å². The number of hydrogen-bond acceptors (Lipinski definition) is 6. The molecule has 8 aliphatic rings. The highest BCUT2D eigenvalue weighted by molar-refractivity contribution is 5.94. The van der Waals surface area contributed by atoms with Crippen LogP contribution in [-0.2, 0) is 61.8 Å². The van der Waals surface area contributed by atoms with Crippen molar-refractivity contribution in [2.24, 2.45) is 0 Å². The Labute approximate surface area is 810 Å². The second kappa shape index (κ2) is 32.0. The van der Waals surface area contributed by atoms with Gasteiger partial charge in [-0.2, -0.15) is 0 Å². The highest BCUT2D eigenvalue weighted by atomic mass is 19.1. The van der Waals surface area contributed by atoms with E-state index >= 15 is 8.78 Å². The zero-order valence-corrected chi connectivity index (χ0v) is 80.4. The predicted octanol–water partition coefficient (Wildman–Crippen LogP) is 34.1. The van der Waals surface area contributed by atoms with Gasteiger partial charge in [0.05, 0.1) is 19.1 Å². The van der Waals surface area contributed by atoms with Crippen LogP contribution in [-0.4, -0.2) is 11.2 Å². The molecule has 24 rings (SSSR count). The van der Waals surface area contributed by atoms with Gasteiger partial charge in [-0.05, 0) is 289 Å². The second-order valence-corrected chi connectivity index (χ2v) is 42.5. The van der Waals surface area contributed by atoms with Crippen molar-refractivity contribution in [2.45, 2.75) is 165 Å². The summed E-state index contributed by atoms with van der Waals surface area (Å²) in [5, 5.41) is 0. The van der Waals surface area contributed by atoms with Crippen molar-refractivity contribution >= 4 is 51.2 Å². The minimum Gasteiger partial charge on any atom is -0.489 e. The first-order chi connectivity index (χ1) is 66.6. The Kier molecular flexibility index (Phi) is 20.0. The van der Waals surface area contributed by atoms with Crippen LogP contribution in [0.25, 0.3) is 66.8 Å². The minimum absolute atomic E-state index is 0.0609. The molecule has 16 aromatic rings. The summed E-state index contributed by atoms with van der Waals surface area (Å²) in [6, 6.07) is 129. The van der Waals surface area contributed by atoms with Gasteiger partial charge in [-0.1, -0.05) is 338 Å². The molecule has 0 aromatic heterocycles. The number of halogens is 2. The van der Waals surface area contributed by atoms with Gasteiger partial charge in [-0.3, -0.25) is 0 Å². The molecule has 0 N–H and O–H groups in total. The molecule has 0 saturated heterocycles. The number of nitrogens with zero attached hydrogens (tertiary/aromatic N) is 3. The number of anilines is 9. The van der Waals surface area contributed by atoms with Crippen molar-refractivity contribution in [1.82, 2.24) is 0 Å². The summed E-state index contributed by atoms with van der Waals surface area (Å²) in [7, 11) is 0. The Morgan fingerprint density at radius 2 is 0.471 bits per heavy atom. The molecule has 138 heavy (non-hydrogen) atoms. The molecule has 0 spiro atoms. The van der Waals surface area contributed by atoms with Gasteiger partial charge in [0.2, 0.25) is 0 Å². The van der Waals surface area contributed by atoms with E-state index < -0.39 is 17.1 Å². The van der Waals surface area contributed by atoms with Crippen molar-refractivity contribution in [2.75, 3.05) is 14.7 Å². The Morgan fingerprint density at radius 1 is 0.239 bits per heavy atom. The minimum atomic E-state index is -1.51. The lowest BCUT2D eigenvalue weighted by molar-refractivity contribution is -0.124. The van der Waals surface area contributed by atoms with Crippen molar-refractivity contribution in [1.29, 1.82) is 0 Å². The van der Waals surface area contributed by atoms with Crippen molar-refractivity contribution in [3.05, 3.63) is 489 Å². The van der Waals surface area contributed by atoms with Gasteiger partial charge in [0.25, 0.3) is 0 Å². The summed E-state index contributed by atoms with van der Waals surface area (Å²) in [5.74, 6) is -1.09. The van der Waals surface area contributed by atoms with E-state index in [0.29, 0.717) is 5.75 Å². The van der Waals surface area contributed by atoms with Crippen molar-refractivity contribution in [3.8, 4) is 72.5 Å². The summed E-state index contributed by atoms with van der Waals surface area (Å²) in [6.07, 6.45) is 10.2. The quantitative estimate of drug-likeness (QED) is 0.0714. The van der Waals surface area contributed by atoms with Crippen LogP contribution in [0.3, 0.4) is 0 Å². The number of hydrogen-bond donors (Lipinski definition) is 0. The lowest BCUT2D eigenvalue weighted by Gasteiger charge is -2.49. The third-order valence-electron chi connectivity index (χ3n) is 32.3. The third kappa shape index (κ3) is 13.7. The molecular weight excluding hydrogens is 1690 g/mol. The molecule has 8 aliphatic carbocycles. The van der Waals surface area contributed by atoms with Gasteiger partial charge in [-0.25, -0.2) is 8.78 Å². The molecule has 16 aromatic carbocycles. The SMILES string of the molecule is CC1(C)c2ccccc2-c2ccc(N(c3ccc(COc4cccc(C(C5(OCc6ccc(N(c7ccc8c(c7)C(C)(C)c7ccccc7-8)c7ccc8c(c7)C(C)(C)c7ccccc7-8)cc6)C=CC=C(F)C5)C5(OCc6ccc(N(c7ccc8c(c7)C(C)(C)c7ccccc7-8)c7ccc8c(c7)C(C)(C)c7ccccc7-8)cc6)C=CC=C(F)C5)c4)cc3)c3ccc4c(c3)C(C)(C)c3ccccc3-4)cc21. The smallest absolute Gasteiger partial charge is 0.120 e. The number of benzene rings is 16. The van der Waals surface area contributed by atoms with Gasteiger partial charge in [-0.15, -0.1) is 0 Å². The summed E-state index contributed by atoms with van der Waals surface area (Å²) in [5.41, 5.74) is 39.0. The van der Waals surface area contributed by atoms with Crippen LogP contribution in [0.2, 0.25) is 0 Å². The van der Waals surface area contributed by atoms with Crippen LogP contribution in [0, 0.1) is 0 Å². The Hall–Kier alpha value is -14.5. The van der Waals surface area contributed by atoms with Crippen LogP contribution in [0.15, 0.2) is 400 Å². The van der Waals surface area contributed by atoms with Crippen LogP contribution in [0.1, 0.15) is 191 Å². The zero-order valence-electron chi connectivity index (χ0n) is 80.4. The Morgan fingerprint density at radius 3 is 0.725 bits per heavy atom. The second-order valence-electron chi connectivity index (χ2n) is 42.5. The van der Waals surface area contributed by atoms with E-state index in [2.05, 4.69) is 425 Å². The summed E-state index contributed by atoms with van der Waals surface area (Å²) in [4.78, 5) is 7.18. The fourth-order valence-corrected chi connectivity index (χ4v) is 25.1. The number of allylic oxidation sites excluding steroid dienone is 4. The van der Waals surface area contributed by atoms with Crippen molar-refractivity contribution < 1.29 is 23.0 Å². The Bertz CT molecular complexity index is 7200. The summed E-state index contributed by atoms with van der Waals surface area (Å²) < 4.78 is 57.5. The van der Waals surface area contributed by atoms with Gasteiger partial charge in [0.15, 0.2) is 0 Å². The molecule has 678 valence electrons. The molecule has 0 radical (unpaired) electrons. The van der Waals surface area contributed by atoms with Crippen LogP contribution in [0.5, 0.6) is 5.75 Å². The number of fused-ring (bicyclic) bond motifs is 18. The highest BCUT2D eigenvalue weighted by Gasteiger charge is 2.55. The molecule has 2 atom stereocenters. The first-order valence-corrected chi connectivity index (χ1v) is 48.9. The topological polar surface area (TPSA) is 37.4 Å². The first kappa shape index (κ1) is 86.3. The lowest BCUT2D eigenvalue weighted by Crippen LogP contribution is -2.52. The molecule has 0 amide bonds. The lowest BCUT2D eigenvalue weighted by atomic mass is 9.66. The van der Waals surface area contributed by atoms with Gasteiger partial charge < -0.3 is 28.9 Å². The highest BCUT2D eigenvalue weighted by Crippen LogP contribution is 2.61.